The van der Waals surface area contributed by atoms with E-state index in [1.165, 1.54) is 11.8 Å². The van der Waals surface area contributed by atoms with Crippen molar-refractivity contribution in [2.75, 3.05) is 11.9 Å². The van der Waals surface area contributed by atoms with Crippen molar-refractivity contribution in [3.8, 4) is 5.75 Å². The number of thioether (sulfide) groups is 1. The Hall–Kier alpha value is -2.63. The quantitative estimate of drug-likeness (QED) is 0.508. The monoisotopic (exact) mass is 424 g/mol. The van der Waals surface area contributed by atoms with Crippen molar-refractivity contribution in [2.45, 2.75) is 19.3 Å². The molecule has 3 aromatic carbocycles. The Bertz CT molecular complexity index is 1110. The summed E-state index contributed by atoms with van der Waals surface area (Å²) in [6.45, 7) is 4.57. The smallest absolute Gasteiger partial charge is 0.260 e. The second kappa shape index (κ2) is 8.39. The minimum Gasteiger partial charge on any atom is -0.493 e. The van der Waals surface area contributed by atoms with E-state index in [4.69, 9.17) is 16.3 Å². The summed E-state index contributed by atoms with van der Waals surface area (Å²) in [7, 11) is 0. The van der Waals surface area contributed by atoms with Crippen LogP contribution in [0, 0.1) is 6.92 Å². The molecule has 1 aliphatic rings. The highest BCUT2D eigenvalue weighted by Crippen LogP contribution is 2.35. The van der Waals surface area contributed by atoms with E-state index in [1.54, 1.807) is 0 Å². The maximum absolute atomic E-state index is 12.5. The van der Waals surface area contributed by atoms with Crippen LogP contribution in [0.25, 0.3) is 16.8 Å². The summed E-state index contributed by atoms with van der Waals surface area (Å²) >= 11 is 7.50. The lowest BCUT2D eigenvalue weighted by Gasteiger charge is -2.15. The average Bonchev–Trinajstić information content (AvgIpc) is 3.05. The zero-order chi connectivity index (χ0) is 20.4. The predicted molar refractivity (Wildman–Crippen MR) is 122 cm³/mol. The third-order valence-electron chi connectivity index (χ3n) is 4.71. The Kier molecular flexibility index (Phi) is 5.69. The molecule has 4 rings (SSSR count). The normalized spacial score (nSPS) is 17.6. The molecule has 1 amide bonds. The molecule has 1 fully saturated rings. The van der Waals surface area contributed by atoms with E-state index in [0.29, 0.717) is 16.5 Å². The van der Waals surface area contributed by atoms with Gasteiger partial charge in [0.2, 0.25) is 0 Å². The lowest BCUT2D eigenvalue weighted by atomic mass is 10.0. The largest absolute Gasteiger partial charge is 0.493 e. The summed E-state index contributed by atoms with van der Waals surface area (Å²) in [5.74, 6) is 0.767. The van der Waals surface area contributed by atoms with Crippen molar-refractivity contribution in [2.24, 2.45) is 0 Å². The van der Waals surface area contributed by atoms with Crippen LogP contribution in [0.5, 0.6) is 5.75 Å². The number of hydrogen-bond donors (Lipinski definition) is 2. The maximum Gasteiger partial charge on any atom is 0.260 e. The minimum atomic E-state index is -0.234. The Morgan fingerprint density at radius 1 is 1.17 bits per heavy atom. The highest BCUT2D eigenvalue weighted by atomic mass is 35.5. The van der Waals surface area contributed by atoms with Gasteiger partial charge in [-0.15, -0.1) is 0 Å². The van der Waals surface area contributed by atoms with Crippen LogP contribution in [-0.4, -0.2) is 18.0 Å². The zero-order valence-electron chi connectivity index (χ0n) is 16.2. The number of ether oxygens (including phenoxy) is 1. The second-order valence-corrected chi connectivity index (χ2v) is 8.30. The fourth-order valence-electron chi connectivity index (χ4n) is 3.34. The van der Waals surface area contributed by atoms with Gasteiger partial charge < -0.3 is 15.4 Å². The van der Waals surface area contributed by atoms with Gasteiger partial charge in [0.25, 0.3) is 5.91 Å². The molecule has 1 atom stereocenters. The van der Waals surface area contributed by atoms with E-state index in [2.05, 4.69) is 16.7 Å². The van der Waals surface area contributed by atoms with E-state index >= 15 is 0 Å². The standard InChI is InChI=1S/C23H21ClN2O2S/c1-3-28-20-11-8-15(17-6-4-5-7-18(17)20)13-21-22(27)26-23(29-21)25-19-10-9-16(24)12-14(19)2/h4-13,23,25H,3H2,1-2H3,(H,26,27)/b21-13-. The molecule has 0 saturated carbocycles. The summed E-state index contributed by atoms with van der Waals surface area (Å²) in [5.41, 5.74) is 2.73. The summed E-state index contributed by atoms with van der Waals surface area (Å²) < 4.78 is 5.74. The molecule has 4 nitrogen and oxygen atoms in total. The number of carbonyl (C=O) groups excluding carboxylic acids is 1. The number of rotatable bonds is 5. The van der Waals surface area contributed by atoms with Gasteiger partial charge in [0.05, 0.1) is 11.5 Å². The Labute approximate surface area is 179 Å². The first-order chi connectivity index (χ1) is 14.0. The van der Waals surface area contributed by atoms with Gasteiger partial charge in [-0.05, 0) is 60.7 Å². The molecule has 1 aliphatic heterocycles. The first-order valence-corrected chi connectivity index (χ1v) is 10.7. The van der Waals surface area contributed by atoms with Gasteiger partial charge in [-0.3, -0.25) is 4.79 Å². The third kappa shape index (κ3) is 4.21. The fourth-order valence-corrected chi connectivity index (χ4v) is 4.53. The molecule has 0 spiro atoms. The number of benzene rings is 3. The van der Waals surface area contributed by atoms with Gasteiger partial charge in [0.15, 0.2) is 5.50 Å². The first-order valence-electron chi connectivity index (χ1n) is 9.41. The van der Waals surface area contributed by atoms with E-state index in [0.717, 1.165) is 33.3 Å². The van der Waals surface area contributed by atoms with Gasteiger partial charge >= 0.3 is 0 Å². The average molecular weight is 425 g/mol. The summed E-state index contributed by atoms with van der Waals surface area (Å²) in [6, 6.07) is 17.7. The molecule has 2 N–H and O–H groups in total. The predicted octanol–water partition coefficient (Wildman–Crippen LogP) is 5.80. The van der Waals surface area contributed by atoms with Gasteiger partial charge in [-0.25, -0.2) is 0 Å². The molecule has 6 heteroatoms. The summed E-state index contributed by atoms with van der Waals surface area (Å²) in [5, 5.41) is 9.13. The van der Waals surface area contributed by atoms with Crippen molar-refractivity contribution in [1.82, 2.24) is 5.32 Å². The van der Waals surface area contributed by atoms with Crippen molar-refractivity contribution >= 4 is 51.8 Å². The number of fused-ring (bicyclic) bond motifs is 1. The molecular weight excluding hydrogens is 404 g/mol. The Balaban J connectivity index is 1.60. The lowest BCUT2D eigenvalue weighted by molar-refractivity contribution is -0.116. The van der Waals surface area contributed by atoms with E-state index in [9.17, 15) is 4.79 Å². The zero-order valence-corrected chi connectivity index (χ0v) is 17.7. The molecule has 0 radical (unpaired) electrons. The molecule has 1 saturated heterocycles. The lowest BCUT2D eigenvalue weighted by Crippen LogP contribution is -2.31. The Morgan fingerprint density at radius 2 is 1.97 bits per heavy atom. The molecule has 0 aliphatic carbocycles. The van der Waals surface area contributed by atoms with Crippen LogP contribution in [0.1, 0.15) is 18.1 Å². The molecule has 1 heterocycles. The van der Waals surface area contributed by atoms with Crippen LogP contribution in [0.3, 0.4) is 0 Å². The van der Waals surface area contributed by atoms with Crippen LogP contribution in [0.4, 0.5) is 5.69 Å². The topological polar surface area (TPSA) is 50.4 Å². The van der Waals surface area contributed by atoms with Gasteiger partial charge in [-0.1, -0.05) is 53.7 Å². The number of nitrogens with one attached hydrogen (secondary N) is 2. The molecule has 29 heavy (non-hydrogen) atoms. The van der Waals surface area contributed by atoms with Gasteiger partial charge in [-0.2, -0.15) is 0 Å². The van der Waals surface area contributed by atoms with Crippen molar-refractivity contribution in [3.05, 3.63) is 75.7 Å². The number of aryl methyl sites for hydroxylation is 1. The van der Waals surface area contributed by atoms with Crippen LogP contribution in [0.15, 0.2) is 59.5 Å². The van der Waals surface area contributed by atoms with E-state index in [1.807, 2.05) is 68.5 Å². The first kappa shape index (κ1) is 19.7. The van der Waals surface area contributed by atoms with E-state index in [-0.39, 0.29) is 11.4 Å². The van der Waals surface area contributed by atoms with Crippen LogP contribution < -0.4 is 15.4 Å². The number of carbonyl (C=O) groups is 1. The molecule has 148 valence electrons. The minimum absolute atomic E-state index is 0.0860. The van der Waals surface area contributed by atoms with Gasteiger partial charge in [0.1, 0.15) is 5.75 Å². The van der Waals surface area contributed by atoms with Crippen molar-refractivity contribution < 1.29 is 9.53 Å². The number of amides is 1. The highest BCUT2D eigenvalue weighted by Gasteiger charge is 2.27. The fraction of sp³-hybridized carbons (Fsp3) is 0.174. The number of hydrogen-bond acceptors (Lipinski definition) is 4. The molecule has 3 aromatic rings. The molecule has 0 aromatic heterocycles. The van der Waals surface area contributed by atoms with Crippen molar-refractivity contribution in [1.29, 1.82) is 0 Å². The number of halogens is 1. The SMILES string of the molecule is CCOc1ccc(/C=C2\SC(Nc3ccc(Cl)cc3C)NC2=O)c2ccccc12. The van der Waals surface area contributed by atoms with Crippen molar-refractivity contribution in [3.63, 3.8) is 0 Å². The molecule has 0 bridgehead atoms. The van der Waals surface area contributed by atoms with Crippen LogP contribution >= 0.6 is 23.4 Å². The molecule has 1 unspecified atom stereocenters. The Morgan fingerprint density at radius 3 is 2.72 bits per heavy atom. The second-order valence-electron chi connectivity index (χ2n) is 6.72. The van der Waals surface area contributed by atoms with E-state index < -0.39 is 0 Å². The third-order valence-corrected chi connectivity index (χ3v) is 5.97. The number of anilines is 1. The van der Waals surface area contributed by atoms with Crippen LogP contribution in [-0.2, 0) is 4.79 Å². The maximum atomic E-state index is 12.5. The van der Waals surface area contributed by atoms with Crippen LogP contribution in [0.2, 0.25) is 5.02 Å². The summed E-state index contributed by atoms with van der Waals surface area (Å²) in [6.07, 6.45) is 1.94. The van der Waals surface area contributed by atoms with Gasteiger partial charge in [0, 0.05) is 16.1 Å². The molecular formula is C23H21ClN2O2S. The highest BCUT2D eigenvalue weighted by molar-refractivity contribution is 8.05. The summed E-state index contributed by atoms with van der Waals surface area (Å²) in [4.78, 5) is 13.2.